The van der Waals surface area contributed by atoms with Crippen LogP contribution in [0, 0.1) is 5.82 Å². The van der Waals surface area contributed by atoms with Crippen LogP contribution < -0.4 is 0 Å². The third kappa shape index (κ3) is 3.60. The molecule has 4 nitrogen and oxygen atoms in total. The fraction of sp³-hybridized carbons (Fsp3) is 0.500. The number of carbonyl (C=O) groups excluding carboxylic acids is 1. The van der Waals surface area contributed by atoms with Gasteiger partial charge in [0.05, 0.1) is 0 Å². The number of hydrogen-bond acceptors (Lipinski definition) is 2. The van der Waals surface area contributed by atoms with Gasteiger partial charge in [-0.15, -0.1) is 0 Å². The molecule has 1 saturated heterocycles. The summed E-state index contributed by atoms with van der Waals surface area (Å²) in [7, 11) is 0. The fourth-order valence-corrected chi connectivity index (χ4v) is 2.85. The highest BCUT2D eigenvalue weighted by molar-refractivity contribution is 5.84. The topological polar surface area (TPSA) is 57.6 Å². The number of benzene rings is 1. The zero-order valence-electron chi connectivity index (χ0n) is 12.1. The Bertz CT molecular complexity index is 532. The summed E-state index contributed by atoms with van der Waals surface area (Å²) in [6.07, 6.45) is 2.27. The zero-order valence-corrected chi connectivity index (χ0v) is 12.1. The number of halogens is 1. The Morgan fingerprint density at radius 1 is 1.38 bits per heavy atom. The first-order chi connectivity index (χ1) is 10.0. The number of rotatable bonds is 4. The Morgan fingerprint density at radius 2 is 2.10 bits per heavy atom. The molecule has 1 heterocycles. The van der Waals surface area contributed by atoms with Gasteiger partial charge in [0.15, 0.2) is 0 Å². The highest BCUT2D eigenvalue weighted by Crippen LogP contribution is 2.25. The normalized spacial score (nSPS) is 20.1. The number of nitrogens with zero attached hydrogens (tertiary/aromatic N) is 1. The smallest absolute Gasteiger partial charge is 0.326 e. The van der Waals surface area contributed by atoms with Crippen LogP contribution in [0.1, 0.15) is 44.1 Å². The van der Waals surface area contributed by atoms with Crippen LogP contribution in [-0.2, 0) is 9.59 Å². The standard InChI is InChI=1S/C16H20FNO3/c1-11(12-6-2-3-7-13(12)17)10-15(19)18-9-5-4-8-14(18)16(20)21/h2-3,6-7,11,14H,4-5,8-10H2,1H3,(H,20,21)/t11-,14+/m1/s1. The highest BCUT2D eigenvalue weighted by Gasteiger charge is 2.32. The lowest BCUT2D eigenvalue weighted by molar-refractivity contribution is -0.152. The molecule has 0 saturated carbocycles. The number of carbonyl (C=O) groups is 2. The molecule has 1 amide bonds. The molecule has 0 spiro atoms. The van der Waals surface area contributed by atoms with Gasteiger partial charge in [0.25, 0.3) is 0 Å². The summed E-state index contributed by atoms with van der Waals surface area (Å²) in [5.41, 5.74) is 0.495. The third-order valence-corrected chi connectivity index (χ3v) is 4.03. The Kier molecular flexibility index (Phi) is 4.94. The molecule has 5 heteroatoms. The van der Waals surface area contributed by atoms with Gasteiger partial charge in [-0.2, -0.15) is 0 Å². The Labute approximate surface area is 123 Å². The number of likely N-dealkylation sites (tertiary alicyclic amines) is 1. The summed E-state index contributed by atoms with van der Waals surface area (Å²) < 4.78 is 13.7. The molecule has 1 aliphatic heterocycles. The van der Waals surface area contributed by atoms with Crippen LogP contribution in [0.4, 0.5) is 4.39 Å². The number of carboxylic acid groups (broad SMARTS) is 1. The second-order valence-corrected chi connectivity index (χ2v) is 5.56. The molecule has 0 unspecified atom stereocenters. The lowest BCUT2D eigenvalue weighted by Crippen LogP contribution is -2.48. The number of piperidine rings is 1. The lowest BCUT2D eigenvalue weighted by atomic mass is 9.95. The monoisotopic (exact) mass is 293 g/mol. The van der Waals surface area contributed by atoms with Gasteiger partial charge in [-0.05, 0) is 36.8 Å². The predicted octanol–water partition coefficient (Wildman–Crippen LogP) is 2.79. The maximum atomic E-state index is 13.7. The largest absolute Gasteiger partial charge is 0.480 e. The average molecular weight is 293 g/mol. The van der Waals surface area contributed by atoms with E-state index in [1.54, 1.807) is 25.1 Å². The van der Waals surface area contributed by atoms with Gasteiger partial charge in [0.1, 0.15) is 11.9 Å². The minimum absolute atomic E-state index is 0.130. The average Bonchev–Trinajstić information content (AvgIpc) is 2.47. The van der Waals surface area contributed by atoms with Gasteiger partial charge in [-0.1, -0.05) is 25.1 Å². The van der Waals surface area contributed by atoms with Crippen LogP contribution in [0.3, 0.4) is 0 Å². The fourth-order valence-electron chi connectivity index (χ4n) is 2.85. The minimum atomic E-state index is -0.957. The van der Waals surface area contributed by atoms with Crippen LogP contribution in [0.15, 0.2) is 24.3 Å². The van der Waals surface area contributed by atoms with Crippen molar-refractivity contribution >= 4 is 11.9 Å². The Morgan fingerprint density at radius 3 is 2.76 bits per heavy atom. The molecule has 2 rings (SSSR count). The first-order valence-corrected chi connectivity index (χ1v) is 7.27. The van der Waals surface area contributed by atoms with Gasteiger partial charge in [-0.3, -0.25) is 4.79 Å². The molecule has 114 valence electrons. The molecule has 1 N–H and O–H groups in total. The molecule has 0 bridgehead atoms. The van der Waals surface area contributed by atoms with Crippen molar-refractivity contribution < 1.29 is 19.1 Å². The number of amides is 1. The summed E-state index contributed by atoms with van der Waals surface area (Å²) in [6, 6.07) is 5.65. The van der Waals surface area contributed by atoms with Crippen LogP contribution in [0.5, 0.6) is 0 Å². The van der Waals surface area contributed by atoms with Crippen molar-refractivity contribution in [2.45, 2.75) is 44.6 Å². The lowest BCUT2D eigenvalue weighted by Gasteiger charge is -2.33. The van der Waals surface area contributed by atoms with E-state index in [-0.39, 0.29) is 24.1 Å². The van der Waals surface area contributed by atoms with Gasteiger partial charge in [0.2, 0.25) is 5.91 Å². The van der Waals surface area contributed by atoms with E-state index in [4.69, 9.17) is 0 Å². The summed E-state index contributed by atoms with van der Waals surface area (Å²) in [5, 5.41) is 9.20. The first kappa shape index (κ1) is 15.5. The van der Waals surface area contributed by atoms with Gasteiger partial charge in [-0.25, -0.2) is 9.18 Å². The van der Waals surface area contributed by atoms with Crippen molar-refractivity contribution in [1.82, 2.24) is 4.90 Å². The summed E-state index contributed by atoms with van der Waals surface area (Å²) in [5.74, 6) is -1.76. The predicted molar refractivity (Wildman–Crippen MR) is 76.4 cm³/mol. The quantitative estimate of drug-likeness (QED) is 0.928. The molecule has 1 aromatic carbocycles. The number of aliphatic carboxylic acids is 1. The Hall–Kier alpha value is -1.91. The number of carboxylic acids is 1. The Balaban J connectivity index is 2.06. The molecule has 2 atom stereocenters. The van der Waals surface area contributed by atoms with E-state index in [9.17, 15) is 19.1 Å². The van der Waals surface area contributed by atoms with Crippen molar-refractivity contribution in [3.63, 3.8) is 0 Å². The summed E-state index contributed by atoms with van der Waals surface area (Å²) in [6.45, 7) is 2.26. The minimum Gasteiger partial charge on any atom is -0.480 e. The van der Waals surface area contributed by atoms with E-state index >= 15 is 0 Å². The second-order valence-electron chi connectivity index (χ2n) is 5.56. The maximum absolute atomic E-state index is 13.7. The summed E-state index contributed by atoms with van der Waals surface area (Å²) in [4.78, 5) is 25.0. The molecular formula is C16H20FNO3. The molecule has 0 radical (unpaired) electrons. The van der Waals surface area contributed by atoms with Crippen molar-refractivity contribution in [3.8, 4) is 0 Å². The van der Waals surface area contributed by atoms with Crippen molar-refractivity contribution in [2.24, 2.45) is 0 Å². The van der Waals surface area contributed by atoms with E-state index in [1.165, 1.54) is 11.0 Å². The molecule has 0 aliphatic carbocycles. The van der Waals surface area contributed by atoms with E-state index in [0.29, 0.717) is 18.5 Å². The van der Waals surface area contributed by atoms with Gasteiger partial charge >= 0.3 is 5.97 Å². The molecular weight excluding hydrogens is 273 g/mol. The molecule has 0 aromatic heterocycles. The zero-order chi connectivity index (χ0) is 15.4. The van der Waals surface area contributed by atoms with Crippen molar-refractivity contribution in [3.05, 3.63) is 35.6 Å². The van der Waals surface area contributed by atoms with E-state index in [0.717, 1.165) is 12.8 Å². The first-order valence-electron chi connectivity index (χ1n) is 7.27. The number of hydrogen-bond donors (Lipinski definition) is 1. The maximum Gasteiger partial charge on any atom is 0.326 e. The van der Waals surface area contributed by atoms with Crippen LogP contribution in [0.25, 0.3) is 0 Å². The van der Waals surface area contributed by atoms with Gasteiger partial charge in [0, 0.05) is 13.0 Å². The van der Waals surface area contributed by atoms with Crippen LogP contribution in [0.2, 0.25) is 0 Å². The second kappa shape index (κ2) is 6.70. The summed E-state index contributed by atoms with van der Waals surface area (Å²) >= 11 is 0. The van der Waals surface area contributed by atoms with Crippen molar-refractivity contribution in [2.75, 3.05) is 6.54 Å². The molecule has 21 heavy (non-hydrogen) atoms. The SMILES string of the molecule is C[C@H](CC(=O)N1CCCC[C@H]1C(=O)O)c1ccccc1F. The highest BCUT2D eigenvalue weighted by atomic mass is 19.1. The molecule has 1 aliphatic rings. The van der Waals surface area contributed by atoms with Crippen molar-refractivity contribution in [1.29, 1.82) is 0 Å². The van der Waals surface area contributed by atoms with E-state index in [2.05, 4.69) is 0 Å². The molecule has 1 fully saturated rings. The van der Waals surface area contributed by atoms with E-state index < -0.39 is 12.0 Å². The van der Waals surface area contributed by atoms with Gasteiger partial charge < -0.3 is 10.0 Å². The van der Waals surface area contributed by atoms with E-state index in [1.807, 2.05) is 0 Å². The third-order valence-electron chi connectivity index (χ3n) is 4.03. The molecule has 1 aromatic rings. The van der Waals surface area contributed by atoms with Crippen LogP contribution >= 0.6 is 0 Å². The van der Waals surface area contributed by atoms with Crippen LogP contribution in [-0.4, -0.2) is 34.5 Å².